The predicted octanol–water partition coefficient (Wildman–Crippen LogP) is 3.21. The average molecular weight is 283 g/mol. The van der Waals surface area contributed by atoms with Crippen LogP contribution < -0.4 is 0 Å². The van der Waals surface area contributed by atoms with Gasteiger partial charge in [0.2, 0.25) is 13.0 Å². The SMILES string of the molecule is [B][P+](OCC)(OCC)C(CC)P(=O)(OC)OC. The van der Waals surface area contributed by atoms with Crippen LogP contribution in [0.4, 0.5) is 0 Å². The van der Waals surface area contributed by atoms with Crippen molar-refractivity contribution in [3.05, 3.63) is 0 Å². The van der Waals surface area contributed by atoms with Crippen molar-refractivity contribution in [2.45, 2.75) is 32.6 Å². The van der Waals surface area contributed by atoms with Gasteiger partial charge in [-0.1, -0.05) is 6.92 Å². The molecule has 0 amide bonds. The molecule has 0 aliphatic rings. The molecule has 0 spiro atoms. The Labute approximate surface area is 106 Å². The van der Waals surface area contributed by atoms with Gasteiger partial charge >= 0.3 is 15.2 Å². The van der Waals surface area contributed by atoms with Gasteiger partial charge in [-0.15, -0.1) is 0 Å². The van der Waals surface area contributed by atoms with Crippen LogP contribution in [0, 0.1) is 0 Å². The second-order valence-corrected chi connectivity index (χ2v) is 8.55. The highest BCUT2D eigenvalue weighted by molar-refractivity contribution is 7.96. The summed E-state index contributed by atoms with van der Waals surface area (Å²) in [6.45, 7) is 6.28. The first kappa shape index (κ1) is 17.6. The van der Waals surface area contributed by atoms with Crippen LogP contribution in [0.15, 0.2) is 0 Å². The lowest BCUT2D eigenvalue weighted by atomic mass is 10.6. The topological polar surface area (TPSA) is 54.0 Å². The summed E-state index contributed by atoms with van der Waals surface area (Å²) in [4.78, 5) is 0. The Morgan fingerprint density at radius 3 is 1.76 bits per heavy atom. The highest BCUT2D eigenvalue weighted by Gasteiger charge is 2.55. The summed E-state index contributed by atoms with van der Waals surface area (Å²) in [5, 5.41) is -0.565. The third kappa shape index (κ3) is 4.31. The molecule has 1 unspecified atom stereocenters. The fourth-order valence-corrected chi connectivity index (χ4v) is 6.97. The zero-order chi connectivity index (χ0) is 13.5. The molecule has 0 saturated heterocycles. The van der Waals surface area contributed by atoms with Crippen LogP contribution in [0.1, 0.15) is 27.2 Å². The number of rotatable bonds is 9. The average Bonchev–Trinajstić information content (AvgIpc) is 2.30. The van der Waals surface area contributed by atoms with Gasteiger partial charge in [-0.2, -0.15) is 0 Å². The Kier molecular flexibility index (Phi) is 8.14. The number of hydrogen-bond donors (Lipinski definition) is 0. The largest absolute Gasteiger partial charge is 0.445 e. The Hall–Kier alpha value is 0.565. The maximum atomic E-state index is 12.4. The molecule has 0 N–H and O–H groups in total. The molecular formula is C9H22BO5P2+. The normalized spacial score (nSPS) is 14.9. The fraction of sp³-hybridized carbons (Fsp3) is 1.00. The van der Waals surface area contributed by atoms with E-state index in [1.807, 2.05) is 20.8 Å². The van der Waals surface area contributed by atoms with Crippen LogP contribution in [0.5, 0.6) is 0 Å². The molecule has 0 rings (SSSR count). The standard InChI is InChI=1S/C9H22BO5P2/c1-6-9(17(11,12-4)13-5)16(10,14-7-2)15-8-3/h9H,6-8H2,1-5H3/q+1. The first-order valence-electron chi connectivity index (χ1n) is 5.61. The quantitative estimate of drug-likeness (QED) is 0.480. The first-order valence-corrected chi connectivity index (χ1v) is 8.99. The summed E-state index contributed by atoms with van der Waals surface area (Å²) < 4.78 is 33.4. The van der Waals surface area contributed by atoms with Gasteiger partial charge in [0.05, 0.1) is 13.2 Å². The van der Waals surface area contributed by atoms with Gasteiger partial charge in [-0.3, -0.25) is 4.57 Å². The Bertz CT molecular complexity index is 250. The molecule has 5 nitrogen and oxygen atoms in total. The summed E-state index contributed by atoms with van der Waals surface area (Å²) in [7, 11) is 2.79. The lowest BCUT2D eigenvalue weighted by molar-refractivity contribution is 0.242. The fourth-order valence-electron chi connectivity index (χ4n) is 1.61. The molecule has 0 aliphatic carbocycles. The van der Waals surface area contributed by atoms with E-state index >= 15 is 0 Å². The molecule has 0 heterocycles. The second-order valence-electron chi connectivity index (χ2n) is 3.27. The number of hydrogen-bond acceptors (Lipinski definition) is 5. The summed E-state index contributed by atoms with van der Waals surface area (Å²) in [6, 6.07) is 0. The van der Waals surface area contributed by atoms with Crippen LogP contribution in [-0.4, -0.2) is 40.4 Å². The lowest BCUT2D eigenvalue weighted by Crippen LogP contribution is -2.20. The molecule has 0 aromatic carbocycles. The van der Waals surface area contributed by atoms with E-state index in [0.717, 1.165) is 0 Å². The van der Waals surface area contributed by atoms with Gasteiger partial charge in [0.25, 0.3) is 0 Å². The molecule has 0 aromatic rings. The van der Waals surface area contributed by atoms with Gasteiger partial charge in [-0.05, 0) is 20.3 Å². The summed E-state index contributed by atoms with van der Waals surface area (Å²) in [5.41, 5.74) is 0. The van der Waals surface area contributed by atoms with Crippen molar-refractivity contribution in [3.63, 3.8) is 0 Å². The third-order valence-electron chi connectivity index (χ3n) is 2.32. The van der Waals surface area contributed by atoms with E-state index in [1.54, 1.807) is 0 Å². The monoisotopic (exact) mass is 283 g/mol. The van der Waals surface area contributed by atoms with E-state index in [0.29, 0.717) is 19.6 Å². The van der Waals surface area contributed by atoms with E-state index in [4.69, 9.17) is 25.7 Å². The molecule has 0 saturated carbocycles. The molecule has 0 bridgehead atoms. The van der Waals surface area contributed by atoms with Crippen molar-refractivity contribution < 1.29 is 22.7 Å². The van der Waals surface area contributed by atoms with Crippen molar-refractivity contribution in [2.24, 2.45) is 0 Å². The van der Waals surface area contributed by atoms with Crippen molar-refractivity contribution >= 4 is 22.8 Å². The Balaban J connectivity index is 5.21. The molecule has 0 fully saturated rings. The van der Waals surface area contributed by atoms with Gasteiger partial charge in [0, 0.05) is 14.2 Å². The summed E-state index contributed by atoms with van der Waals surface area (Å²) >= 11 is 0. The smallest absolute Gasteiger partial charge is 0.309 e. The molecule has 1 atom stereocenters. The zero-order valence-electron chi connectivity index (χ0n) is 11.2. The maximum absolute atomic E-state index is 12.4. The van der Waals surface area contributed by atoms with Crippen LogP contribution in [0.2, 0.25) is 0 Å². The molecule has 100 valence electrons. The van der Waals surface area contributed by atoms with Crippen molar-refractivity contribution in [1.82, 2.24) is 0 Å². The molecular weight excluding hydrogens is 261 g/mol. The van der Waals surface area contributed by atoms with E-state index in [2.05, 4.69) is 0 Å². The van der Waals surface area contributed by atoms with Crippen LogP contribution in [0.25, 0.3) is 0 Å². The Morgan fingerprint density at radius 1 is 1.12 bits per heavy atom. The van der Waals surface area contributed by atoms with Crippen LogP contribution in [-0.2, 0) is 22.7 Å². The van der Waals surface area contributed by atoms with Gasteiger partial charge in [0.15, 0.2) is 0 Å². The molecule has 17 heavy (non-hydrogen) atoms. The van der Waals surface area contributed by atoms with E-state index in [-0.39, 0.29) is 0 Å². The van der Waals surface area contributed by atoms with E-state index < -0.39 is 20.6 Å². The van der Waals surface area contributed by atoms with Crippen LogP contribution in [0.3, 0.4) is 0 Å². The third-order valence-corrected chi connectivity index (χ3v) is 8.76. The minimum Gasteiger partial charge on any atom is -0.309 e. The van der Waals surface area contributed by atoms with Gasteiger partial charge in [-0.25, -0.2) is 9.05 Å². The highest BCUT2D eigenvalue weighted by Crippen LogP contribution is 2.75. The van der Waals surface area contributed by atoms with Crippen molar-refractivity contribution in [3.8, 4) is 0 Å². The van der Waals surface area contributed by atoms with Gasteiger partial charge in [0.1, 0.15) is 0 Å². The molecule has 8 heteroatoms. The van der Waals surface area contributed by atoms with E-state index in [1.165, 1.54) is 14.2 Å². The van der Waals surface area contributed by atoms with Crippen LogP contribution >= 0.6 is 15.2 Å². The first-order chi connectivity index (χ1) is 7.94. The van der Waals surface area contributed by atoms with E-state index in [9.17, 15) is 4.57 Å². The zero-order valence-corrected chi connectivity index (χ0v) is 13.0. The Morgan fingerprint density at radius 2 is 1.53 bits per heavy atom. The lowest BCUT2D eigenvalue weighted by Gasteiger charge is -2.30. The summed E-state index contributed by atoms with van der Waals surface area (Å²) in [6.07, 6.45) is 0.503. The maximum Gasteiger partial charge on any atom is 0.445 e. The summed E-state index contributed by atoms with van der Waals surface area (Å²) in [5.74, 6) is 0. The minimum atomic E-state index is -3.30. The van der Waals surface area contributed by atoms with Crippen molar-refractivity contribution in [2.75, 3.05) is 27.4 Å². The highest BCUT2D eigenvalue weighted by atomic mass is 31.3. The molecule has 0 aromatic heterocycles. The minimum absolute atomic E-state index is 0.397. The van der Waals surface area contributed by atoms with Crippen molar-refractivity contribution in [1.29, 1.82) is 0 Å². The predicted molar refractivity (Wildman–Crippen MR) is 71.6 cm³/mol. The second kappa shape index (κ2) is 7.88. The van der Waals surface area contributed by atoms with Gasteiger partial charge < -0.3 is 9.05 Å². The molecule has 2 radical (unpaired) electrons. The molecule has 0 aliphatic heterocycles.